The van der Waals surface area contributed by atoms with Crippen LogP contribution in [0.25, 0.3) is 0 Å². The van der Waals surface area contributed by atoms with Gasteiger partial charge in [0.1, 0.15) is 11.9 Å². The van der Waals surface area contributed by atoms with Crippen LogP contribution >= 0.6 is 0 Å². The van der Waals surface area contributed by atoms with Gasteiger partial charge in [-0.3, -0.25) is 9.69 Å². The minimum atomic E-state index is 0.114. The Morgan fingerprint density at radius 1 is 1.00 bits per heavy atom. The number of nitrogens with one attached hydrogen (secondary N) is 1. The van der Waals surface area contributed by atoms with Gasteiger partial charge in [-0.05, 0) is 62.3 Å². The Bertz CT molecular complexity index is 775. The minimum Gasteiger partial charge on any atom is -0.490 e. The zero-order chi connectivity index (χ0) is 19.9. The highest BCUT2D eigenvalue weighted by Gasteiger charge is 2.22. The van der Waals surface area contributed by atoms with Crippen LogP contribution in [0, 0.1) is 20.8 Å². The Kier molecular flexibility index (Phi) is 7.10. The van der Waals surface area contributed by atoms with Crippen molar-refractivity contribution >= 4 is 5.91 Å². The first kappa shape index (κ1) is 20.4. The number of rotatable bonds is 7. The number of carbonyl (C=O) groups is 1. The maximum absolute atomic E-state index is 12.3. The molecule has 1 saturated heterocycles. The maximum Gasteiger partial charge on any atom is 0.234 e. The number of hydrogen-bond acceptors (Lipinski definition) is 3. The van der Waals surface area contributed by atoms with Gasteiger partial charge in [-0.15, -0.1) is 0 Å². The van der Waals surface area contributed by atoms with E-state index in [1.165, 1.54) is 22.3 Å². The van der Waals surface area contributed by atoms with Gasteiger partial charge in [0.15, 0.2) is 0 Å². The molecule has 0 atom stereocenters. The Hall–Kier alpha value is -2.33. The molecule has 0 aromatic heterocycles. The van der Waals surface area contributed by atoms with Gasteiger partial charge >= 0.3 is 0 Å². The van der Waals surface area contributed by atoms with Crippen LogP contribution in [0.3, 0.4) is 0 Å². The molecule has 1 heterocycles. The molecule has 1 N–H and O–H groups in total. The molecule has 0 bridgehead atoms. The lowest BCUT2D eigenvalue weighted by molar-refractivity contribution is -0.122. The summed E-state index contributed by atoms with van der Waals surface area (Å²) in [6.07, 6.45) is 3.04. The molecule has 0 radical (unpaired) electrons. The molecule has 3 rings (SSSR count). The number of aryl methyl sites for hydroxylation is 3. The molecule has 4 heteroatoms. The topological polar surface area (TPSA) is 41.6 Å². The lowest BCUT2D eigenvalue weighted by Gasteiger charge is -2.32. The molecule has 1 aliphatic heterocycles. The van der Waals surface area contributed by atoms with Gasteiger partial charge in [0.05, 0.1) is 6.54 Å². The molecule has 0 aliphatic carbocycles. The van der Waals surface area contributed by atoms with Crippen molar-refractivity contribution in [2.24, 2.45) is 0 Å². The fourth-order valence-electron chi connectivity index (χ4n) is 3.82. The van der Waals surface area contributed by atoms with Crippen molar-refractivity contribution in [1.82, 2.24) is 10.2 Å². The third-order valence-corrected chi connectivity index (χ3v) is 5.57. The van der Waals surface area contributed by atoms with Crippen LogP contribution in [0.2, 0.25) is 0 Å². The summed E-state index contributed by atoms with van der Waals surface area (Å²) in [5.74, 6) is 1.14. The summed E-state index contributed by atoms with van der Waals surface area (Å²) < 4.78 is 6.27. The third kappa shape index (κ3) is 5.59. The molecule has 1 fully saturated rings. The van der Waals surface area contributed by atoms with Crippen LogP contribution in [0.1, 0.15) is 35.1 Å². The zero-order valence-corrected chi connectivity index (χ0v) is 17.3. The first-order chi connectivity index (χ1) is 13.5. The highest BCUT2D eigenvalue weighted by atomic mass is 16.5. The van der Waals surface area contributed by atoms with E-state index in [4.69, 9.17) is 4.74 Å². The average Bonchev–Trinajstić information content (AvgIpc) is 2.68. The van der Waals surface area contributed by atoms with E-state index in [-0.39, 0.29) is 12.0 Å². The molecule has 0 unspecified atom stereocenters. The highest BCUT2D eigenvalue weighted by molar-refractivity contribution is 5.78. The molecule has 150 valence electrons. The number of hydrogen-bond donors (Lipinski definition) is 1. The summed E-state index contributed by atoms with van der Waals surface area (Å²) in [6, 6.07) is 14.6. The number of benzene rings is 2. The Balaban J connectivity index is 1.38. The van der Waals surface area contributed by atoms with E-state index in [2.05, 4.69) is 67.4 Å². The quantitative estimate of drug-likeness (QED) is 0.794. The van der Waals surface area contributed by atoms with Gasteiger partial charge in [-0.1, -0.05) is 42.5 Å². The van der Waals surface area contributed by atoms with E-state index in [1.54, 1.807) is 0 Å². The lowest BCUT2D eigenvalue weighted by Crippen LogP contribution is -2.44. The summed E-state index contributed by atoms with van der Waals surface area (Å²) in [6.45, 7) is 9.28. The van der Waals surface area contributed by atoms with Crippen LogP contribution in [0.15, 0.2) is 42.5 Å². The van der Waals surface area contributed by atoms with Gasteiger partial charge in [0.2, 0.25) is 5.91 Å². The third-order valence-electron chi connectivity index (χ3n) is 5.57. The number of piperidine rings is 1. The van der Waals surface area contributed by atoms with Gasteiger partial charge in [-0.2, -0.15) is 0 Å². The summed E-state index contributed by atoms with van der Waals surface area (Å²) in [5, 5.41) is 3.06. The van der Waals surface area contributed by atoms with E-state index in [9.17, 15) is 4.79 Å². The van der Waals surface area contributed by atoms with Gasteiger partial charge in [-0.25, -0.2) is 0 Å². The van der Waals surface area contributed by atoms with Crippen molar-refractivity contribution in [3.05, 3.63) is 64.7 Å². The van der Waals surface area contributed by atoms with Crippen LogP contribution in [0.5, 0.6) is 5.75 Å². The van der Waals surface area contributed by atoms with Crippen LogP contribution < -0.4 is 10.1 Å². The van der Waals surface area contributed by atoms with Crippen LogP contribution in [0.4, 0.5) is 0 Å². The molecule has 4 nitrogen and oxygen atoms in total. The standard InChI is InChI=1S/C24H32N2O2/c1-18-7-4-5-10-21(18)11-14-25-23(27)17-26-15-12-22(13-16-26)28-24-19(2)8-6-9-20(24)3/h4-10,22H,11-17H2,1-3H3,(H,25,27). The normalized spacial score (nSPS) is 15.4. The number of carbonyl (C=O) groups excluding carboxylic acids is 1. The molecule has 28 heavy (non-hydrogen) atoms. The van der Waals surface area contributed by atoms with E-state index < -0.39 is 0 Å². The summed E-state index contributed by atoms with van der Waals surface area (Å²) >= 11 is 0. The highest BCUT2D eigenvalue weighted by Crippen LogP contribution is 2.26. The summed E-state index contributed by atoms with van der Waals surface area (Å²) in [4.78, 5) is 14.5. The fraction of sp³-hybridized carbons (Fsp3) is 0.458. The number of para-hydroxylation sites is 1. The fourth-order valence-corrected chi connectivity index (χ4v) is 3.82. The van der Waals surface area contributed by atoms with Crippen LogP contribution in [-0.2, 0) is 11.2 Å². The number of amides is 1. The molecular weight excluding hydrogens is 348 g/mol. The van der Waals surface area contributed by atoms with Crippen molar-refractivity contribution in [3.8, 4) is 5.75 Å². The molecular formula is C24H32N2O2. The molecule has 2 aromatic rings. The second-order valence-corrected chi connectivity index (χ2v) is 7.84. The number of ether oxygens (including phenoxy) is 1. The largest absolute Gasteiger partial charge is 0.490 e. The average molecular weight is 381 g/mol. The van der Waals surface area contributed by atoms with Crippen molar-refractivity contribution in [2.75, 3.05) is 26.2 Å². The van der Waals surface area contributed by atoms with Crippen LogP contribution in [-0.4, -0.2) is 43.1 Å². The smallest absolute Gasteiger partial charge is 0.234 e. The first-order valence-electron chi connectivity index (χ1n) is 10.3. The maximum atomic E-state index is 12.3. The predicted molar refractivity (Wildman–Crippen MR) is 114 cm³/mol. The van der Waals surface area contributed by atoms with Crippen molar-refractivity contribution in [3.63, 3.8) is 0 Å². The van der Waals surface area contributed by atoms with Crippen molar-refractivity contribution in [2.45, 2.75) is 46.1 Å². The number of nitrogens with zero attached hydrogens (tertiary/aromatic N) is 1. The van der Waals surface area contributed by atoms with Gasteiger partial charge < -0.3 is 10.1 Å². The van der Waals surface area contributed by atoms with Gasteiger partial charge in [0, 0.05) is 19.6 Å². The Morgan fingerprint density at radius 2 is 1.64 bits per heavy atom. The second kappa shape index (κ2) is 9.74. The van der Waals surface area contributed by atoms with Crippen molar-refractivity contribution < 1.29 is 9.53 Å². The van der Waals surface area contributed by atoms with Crippen molar-refractivity contribution in [1.29, 1.82) is 0 Å². The summed E-state index contributed by atoms with van der Waals surface area (Å²) in [5.41, 5.74) is 4.96. The molecule has 2 aromatic carbocycles. The monoisotopic (exact) mass is 380 g/mol. The predicted octanol–water partition coefficient (Wildman–Crippen LogP) is 3.81. The molecule has 0 saturated carbocycles. The number of likely N-dealkylation sites (tertiary alicyclic amines) is 1. The lowest BCUT2D eigenvalue weighted by atomic mass is 10.1. The second-order valence-electron chi connectivity index (χ2n) is 7.84. The van der Waals surface area contributed by atoms with E-state index in [1.807, 2.05) is 6.07 Å². The van der Waals surface area contributed by atoms with E-state index in [0.717, 1.165) is 38.1 Å². The summed E-state index contributed by atoms with van der Waals surface area (Å²) in [7, 11) is 0. The molecule has 0 spiro atoms. The molecule has 1 amide bonds. The SMILES string of the molecule is Cc1ccccc1CCNC(=O)CN1CCC(Oc2c(C)cccc2C)CC1. The molecule has 1 aliphatic rings. The Morgan fingerprint density at radius 3 is 2.32 bits per heavy atom. The zero-order valence-electron chi connectivity index (χ0n) is 17.3. The van der Waals surface area contributed by atoms with E-state index >= 15 is 0 Å². The Labute approximate surface area is 168 Å². The first-order valence-corrected chi connectivity index (χ1v) is 10.3. The minimum absolute atomic E-state index is 0.114. The van der Waals surface area contributed by atoms with E-state index in [0.29, 0.717) is 13.1 Å². The van der Waals surface area contributed by atoms with Gasteiger partial charge in [0.25, 0.3) is 0 Å².